The van der Waals surface area contributed by atoms with Crippen LogP contribution in [0.3, 0.4) is 0 Å². The maximum atomic E-state index is 12.5. The summed E-state index contributed by atoms with van der Waals surface area (Å²) in [4.78, 5) is 25.9. The number of rotatable bonds is 3. The molecule has 1 N–H and O–H groups in total. The Hall–Kier alpha value is -2.08. The summed E-state index contributed by atoms with van der Waals surface area (Å²) in [5.41, 5.74) is 0.638. The second kappa shape index (κ2) is 6.09. The molecule has 2 heterocycles. The first-order chi connectivity index (χ1) is 11.3. The number of hydrogen-bond acceptors (Lipinski definition) is 4. The van der Waals surface area contributed by atoms with E-state index in [9.17, 15) is 9.59 Å². The van der Waals surface area contributed by atoms with Crippen molar-refractivity contribution < 1.29 is 14.1 Å². The summed E-state index contributed by atoms with van der Waals surface area (Å²) in [5, 5.41) is 7.36. The Kier molecular flexibility index (Phi) is 4.25. The SMILES string of the molecule is CC(C)(C)c1cc(NC(=O)[C@@H]2CC(=O)N2C2=CC=C(Cl)CC2)no1. The fraction of sp³-hybridized carbons (Fsp3) is 0.471. The van der Waals surface area contributed by atoms with Gasteiger partial charge in [0.05, 0.1) is 6.42 Å². The van der Waals surface area contributed by atoms with Crippen LogP contribution in [0.25, 0.3) is 0 Å². The zero-order chi connectivity index (χ0) is 17.5. The molecule has 0 radical (unpaired) electrons. The van der Waals surface area contributed by atoms with Crippen molar-refractivity contribution in [2.75, 3.05) is 5.32 Å². The molecule has 0 unspecified atom stereocenters. The van der Waals surface area contributed by atoms with Gasteiger partial charge in [0.25, 0.3) is 0 Å². The molecule has 24 heavy (non-hydrogen) atoms. The summed E-state index contributed by atoms with van der Waals surface area (Å²) in [5.74, 6) is 0.743. The molecule has 1 atom stereocenters. The van der Waals surface area contributed by atoms with Gasteiger partial charge in [-0.05, 0) is 25.0 Å². The molecule has 1 aliphatic heterocycles. The van der Waals surface area contributed by atoms with Gasteiger partial charge >= 0.3 is 0 Å². The van der Waals surface area contributed by atoms with Crippen LogP contribution in [0.1, 0.15) is 45.8 Å². The predicted molar refractivity (Wildman–Crippen MR) is 90.3 cm³/mol. The molecule has 2 amide bonds. The van der Waals surface area contributed by atoms with E-state index in [0.29, 0.717) is 24.4 Å². The Labute approximate surface area is 145 Å². The van der Waals surface area contributed by atoms with E-state index in [1.165, 1.54) is 0 Å². The minimum absolute atomic E-state index is 0.0524. The Balaban J connectivity index is 1.69. The molecule has 128 valence electrons. The van der Waals surface area contributed by atoms with E-state index in [1.54, 1.807) is 23.1 Å². The third-order valence-electron chi connectivity index (χ3n) is 4.14. The van der Waals surface area contributed by atoms with E-state index in [2.05, 4.69) is 10.5 Å². The van der Waals surface area contributed by atoms with E-state index in [-0.39, 0.29) is 23.7 Å². The average molecular weight is 350 g/mol. The summed E-state index contributed by atoms with van der Waals surface area (Å²) >= 11 is 5.94. The first-order valence-electron chi connectivity index (χ1n) is 7.91. The Morgan fingerprint density at radius 2 is 2.12 bits per heavy atom. The lowest BCUT2D eigenvalue weighted by molar-refractivity contribution is -0.148. The number of nitrogens with one attached hydrogen (secondary N) is 1. The van der Waals surface area contributed by atoms with Crippen molar-refractivity contribution in [1.82, 2.24) is 10.1 Å². The molecule has 0 aromatic carbocycles. The van der Waals surface area contributed by atoms with Gasteiger partial charge in [0.1, 0.15) is 11.8 Å². The van der Waals surface area contributed by atoms with Crippen LogP contribution < -0.4 is 5.32 Å². The van der Waals surface area contributed by atoms with Crippen molar-refractivity contribution >= 4 is 29.2 Å². The van der Waals surface area contributed by atoms with E-state index >= 15 is 0 Å². The molecule has 1 aliphatic carbocycles. The van der Waals surface area contributed by atoms with Crippen molar-refractivity contribution in [3.63, 3.8) is 0 Å². The average Bonchev–Trinajstić information content (AvgIpc) is 2.95. The normalized spacial score (nSPS) is 21.1. The monoisotopic (exact) mass is 349 g/mol. The van der Waals surface area contributed by atoms with Crippen LogP contribution in [0.4, 0.5) is 5.82 Å². The minimum Gasteiger partial charge on any atom is -0.359 e. The number of carbonyl (C=O) groups is 2. The number of amides is 2. The van der Waals surface area contributed by atoms with Gasteiger partial charge in [0.2, 0.25) is 11.8 Å². The summed E-state index contributed by atoms with van der Waals surface area (Å²) in [6, 6.07) is 1.20. The maximum Gasteiger partial charge on any atom is 0.249 e. The second-order valence-electron chi connectivity index (χ2n) is 7.07. The Bertz CT molecular complexity index is 743. The fourth-order valence-corrected chi connectivity index (χ4v) is 2.84. The van der Waals surface area contributed by atoms with Gasteiger partial charge in [-0.1, -0.05) is 37.5 Å². The van der Waals surface area contributed by atoms with Crippen LogP contribution >= 0.6 is 11.6 Å². The lowest BCUT2D eigenvalue weighted by atomic mass is 9.93. The summed E-state index contributed by atoms with van der Waals surface area (Å²) in [6.07, 6.45) is 5.11. The molecule has 0 spiro atoms. The molecule has 7 heteroatoms. The number of anilines is 1. The van der Waals surface area contributed by atoms with Crippen LogP contribution in [0.2, 0.25) is 0 Å². The highest BCUT2D eigenvalue weighted by Crippen LogP contribution is 2.32. The molecule has 0 bridgehead atoms. The van der Waals surface area contributed by atoms with Crippen LogP contribution in [0.15, 0.2) is 33.5 Å². The first kappa shape index (κ1) is 16.8. The Morgan fingerprint density at radius 1 is 1.38 bits per heavy atom. The first-order valence-corrected chi connectivity index (χ1v) is 8.29. The molecule has 1 saturated heterocycles. The molecular weight excluding hydrogens is 330 g/mol. The fourth-order valence-electron chi connectivity index (χ4n) is 2.69. The summed E-state index contributed by atoms with van der Waals surface area (Å²) in [7, 11) is 0. The molecule has 1 aromatic heterocycles. The van der Waals surface area contributed by atoms with E-state index in [1.807, 2.05) is 20.8 Å². The summed E-state index contributed by atoms with van der Waals surface area (Å²) < 4.78 is 5.26. The van der Waals surface area contributed by atoms with Crippen molar-refractivity contribution in [2.45, 2.75) is 51.5 Å². The highest BCUT2D eigenvalue weighted by Gasteiger charge is 2.43. The van der Waals surface area contributed by atoms with Crippen LogP contribution in [-0.2, 0) is 15.0 Å². The Morgan fingerprint density at radius 3 is 2.67 bits per heavy atom. The highest BCUT2D eigenvalue weighted by atomic mass is 35.5. The van der Waals surface area contributed by atoms with Crippen molar-refractivity contribution in [3.8, 4) is 0 Å². The number of allylic oxidation sites excluding steroid dienone is 4. The van der Waals surface area contributed by atoms with E-state index in [0.717, 1.165) is 10.7 Å². The summed E-state index contributed by atoms with van der Waals surface area (Å²) in [6.45, 7) is 6.00. The predicted octanol–water partition coefficient (Wildman–Crippen LogP) is 3.31. The van der Waals surface area contributed by atoms with Gasteiger partial charge in [-0.2, -0.15) is 0 Å². The zero-order valence-corrected chi connectivity index (χ0v) is 14.7. The molecule has 1 fully saturated rings. The van der Waals surface area contributed by atoms with E-state index in [4.69, 9.17) is 16.1 Å². The van der Waals surface area contributed by atoms with Crippen LogP contribution in [0, 0.1) is 0 Å². The largest absolute Gasteiger partial charge is 0.359 e. The highest BCUT2D eigenvalue weighted by molar-refractivity contribution is 6.29. The number of halogens is 1. The third kappa shape index (κ3) is 3.24. The third-order valence-corrected chi connectivity index (χ3v) is 4.45. The van der Waals surface area contributed by atoms with Gasteiger partial charge in [-0.25, -0.2) is 0 Å². The van der Waals surface area contributed by atoms with Crippen molar-refractivity contribution in [1.29, 1.82) is 0 Å². The molecule has 6 nitrogen and oxygen atoms in total. The van der Waals surface area contributed by atoms with Crippen LogP contribution in [0.5, 0.6) is 0 Å². The number of hydrogen-bond donors (Lipinski definition) is 1. The maximum absolute atomic E-state index is 12.5. The quantitative estimate of drug-likeness (QED) is 0.849. The smallest absolute Gasteiger partial charge is 0.249 e. The second-order valence-corrected chi connectivity index (χ2v) is 7.56. The van der Waals surface area contributed by atoms with Gasteiger partial charge in [0.15, 0.2) is 5.82 Å². The number of nitrogens with zero attached hydrogens (tertiary/aromatic N) is 2. The standard InChI is InChI=1S/C17H20ClN3O3/c1-17(2,3)13-9-14(20-24-13)19-16(23)12-8-15(22)21(12)11-6-4-10(18)5-7-11/h4,6,9,12H,5,7-8H2,1-3H3,(H,19,20,23)/t12-/m0/s1. The van der Waals surface area contributed by atoms with Crippen molar-refractivity contribution in [2.24, 2.45) is 0 Å². The van der Waals surface area contributed by atoms with Crippen LogP contribution in [-0.4, -0.2) is 27.9 Å². The molecule has 2 aliphatic rings. The molecule has 0 saturated carbocycles. The lowest BCUT2D eigenvalue weighted by Gasteiger charge is -2.41. The molecule has 3 rings (SSSR count). The number of likely N-dealkylation sites (tertiary alicyclic amines) is 1. The zero-order valence-electron chi connectivity index (χ0n) is 13.9. The number of aromatic nitrogens is 1. The molecular formula is C17H20ClN3O3. The minimum atomic E-state index is -0.510. The van der Waals surface area contributed by atoms with Gasteiger partial charge in [-0.15, -0.1) is 0 Å². The number of β-lactam (4-membered cyclic amide) rings is 1. The topological polar surface area (TPSA) is 75.4 Å². The lowest BCUT2D eigenvalue weighted by Crippen LogP contribution is -2.57. The van der Waals surface area contributed by atoms with Crippen molar-refractivity contribution in [3.05, 3.63) is 34.7 Å². The van der Waals surface area contributed by atoms with Gasteiger partial charge in [-0.3, -0.25) is 9.59 Å². The number of carbonyl (C=O) groups excluding carboxylic acids is 2. The molecule has 1 aromatic rings. The van der Waals surface area contributed by atoms with Gasteiger partial charge < -0.3 is 14.7 Å². The van der Waals surface area contributed by atoms with Gasteiger partial charge in [0, 0.05) is 22.2 Å². The van der Waals surface area contributed by atoms with E-state index < -0.39 is 6.04 Å².